The van der Waals surface area contributed by atoms with Gasteiger partial charge in [-0.2, -0.15) is 0 Å². The van der Waals surface area contributed by atoms with E-state index in [0.29, 0.717) is 0 Å². The average molecular weight is 166 g/mol. The highest BCUT2D eigenvalue weighted by molar-refractivity contribution is 4.43. The van der Waals surface area contributed by atoms with E-state index in [2.05, 4.69) is 22.5 Å². The van der Waals surface area contributed by atoms with Gasteiger partial charge in [-0.05, 0) is 21.1 Å². The Morgan fingerprint density at radius 1 is 1.00 bits per heavy atom. The minimum Gasteiger partial charge on any atom is -0.365 e. The van der Waals surface area contributed by atoms with E-state index in [1.165, 1.54) is 21.1 Å². The second-order valence-corrected chi connectivity index (χ2v) is 1.05. The van der Waals surface area contributed by atoms with E-state index in [0.717, 1.165) is 19.9 Å². The molecule has 1 rings (SSSR count). The number of nitrogens with two attached hydrogens (primary N) is 3. The molecule has 72 valence electrons. The Balaban J connectivity index is -0.0000000933. The van der Waals surface area contributed by atoms with Crippen LogP contribution >= 0.6 is 0 Å². The molecule has 1 aliphatic heterocycles. The van der Waals surface area contributed by atoms with E-state index >= 15 is 0 Å². The Labute approximate surface area is 69.3 Å². The summed E-state index contributed by atoms with van der Waals surface area (Å²) in [5, 5.41) is 3.00. The molecule has 1 saturated heterocycles. The van der Waals surface area contributed by atoms with Gasteiger partial charge in [-0.1, -0.05) is 0 Å². The third-order valence-corrected chi connectivity index (χ3v) is 0.627. The average Bonchev–Trinajstić information content (AvgIpc) is 2.71. The highest BCUT2D eigenvalue weighted by Crippen LogP contribution is 1.75. The maximum absolute atomic E-state index is 4.83. The van der Waals surface area contributed by atoms with Crippen LogP contribution in [0, 0.1) is 0 Å². The van der Waals surface area contributed by atoms with Crippen LogP contribution in [-0.2, 0) is 4.74 Å². The van der Waals surface area contributed by atoms with Crippen molar-refractivity contribution in [2.45, 2.75) is 0 Å². The molecule has 0 amide bonds. The smallest absolute Gasteiger partial charge is 0.0966 e. The lowest BCUT2D eigenvalue weighted by atomic mass is 10.7. The second kappa shape index (κ2) is 32.9. The van der Waals surface area contributed by atoms with Gasteiger partial charge in [0.15, 0.2) is 0 Å². The molecule has 7 N–H and O–H groups in total. The number of hydrogen-bond acceptors (Lipinski definition) is 5. The minimum absolute atomic E-state index is 0.750. The van der Waals surface area contributed by atoms with Crippen molar-refractivity contribution < 1.29 is 4.74 Å². The van der Waals surface area contributed by atoms with Crippen LogP contribution in [0.15, 0.2) is 0 Å². The summed E-state index contributed by atoms with van der Waals surface area (Å²) in [4.78, 5) is 0. The molecular weight excluding hydrogens is 144 g/mol. The summed E-state index contributed by atoms with van der Waals surface area (Å²) >= 11 is 0. The molecular formula is C6H22N4O. The summed E-state index contributed by atoms with van der Waals surface area (Å²) < 4.78 is 4.83. The molecule has 0 bridgehead atoms. The maximum atomic E-state index is 4.83. The first kappa shape index (κ1) is 17.0. The van der Waals surface area contributed by atoms with Crippen molar-refractivity contribution in [1.29, 1.82) is 0 Å². The van der Waals surface area contributed by atoms with Crippen LogP contribution in [-0.4, -0.2) is 41.0 Å². The van der Waals surface area contributed by atoms with Crippen molar-refractivity contribution in [3.05, 3.63) is 0 Å². The molecule has 0 aromatic carbocycles. The zero-order chi connectivity index (χ0) is 9.54. The molecule has 0 radical (unpaired) electrons. The topological polar surface area (TPSA) is 99.3 Å². The van der Waals surface area contributed by atoms with Crippen LogP contribution in [0.25, 0.3) is 0 Å². The monoisotopic (exact) mass is 166 g/mol. The molecule has 1 fully saturated rings. The van der Waals surface area contributed by atoms with E-state index in [1.54, 1.807) is 0 Å². The summed E-state index contributed by atoms with van der Waals surface area (Å²) in [6.07, 6.45) is 0. The van der Waals surface area contributed by atoms with Gasteiger partial charge in [-0.25, -0.2) is 0 Å². The molecule has 0 aliphatic carbocycles. The predicted octanol–water partition coefficient (Wildman–Crippen LogP) is -1.71. The Bertz CT molecular complexity index is 26.2. The standard InChI is InChI=1S/C3H7NO.3CH5N/c1-2-5-3-4-1;3*1-2/h4H,1-3H2;3*2H2,1H3. The molecule has 5 nitrogen and oxygen atoms in total. The van der Waals surface area contributed by atoms with Gasteiger partial charge in [0.05, 0.1) is 13.3 Å². The van der Waals surface area contributed by atoms with E-state index in [4.69, 9.17) is 4.74 Å². The molecule has 0 unspecified atom stereocenters. The summed E-state index contributed by atoms with van der Waals surface area (Å²) in [7, 11) is 4.50. The van der Waals surface area contributed by atoms with Gasteiger partial charge in [0.1, 0.15) is 0 Å². The van der Waals surface area contributed by atoms with E-state index < -0.39 is 0 Å². The van der Waals surface area contributed by atoms with Crippen molar-refractivity contribution in [2.24, 2.45) is 17.2 Å². The van der Waals surface area contributed by atoms with Gasteiger partial charge in [0.2, 0.25) is 0 Å². The van der Waals surface area contributed by atoms with Gasteiger partial charge in [-0.15, -0.1) is 0 Å². The van der Waals surface area contributed by atoms with Crippen LogP contribution in [0.1, 0.15) is 0 Å². The summed E-state index contributed by atoms with van der Waals surface area (Å²) in [5.74, 6) is 0. The van der Waals surface area contributed by atoms with Crippen LogP contribution in [0.4, 0.5) is 0 Å². The summed E-state index contributed by atoms with van der Waals surface area (Å²) in [6.45, 7) is 2.67. The Morgan fingerprint density at radius 3 is 1.55 bits per heavy atom. The van der Waals surface area contributed by atoms with Crippen molar-refractivity contribution in [1.82, 2.24) is 5.32 Å². The molecule has 0 aromatic heterocycles. The first-order valence-electron chi connectivity index (χ1n) is 3.52. The highest BCUT2D eigenvalue weighted by atomic mass is 16.5. The number of ether oxygens (including phenoxy) is 1. The summed E-state index contributed by atoms with van der Waals surface area (Å²) in [5.41, 5.74) is 13.5. The van der Waals surface area contributed by atoms with E-state index in [1.807, 2.05) is 0 Å². The number of rotatable bonds is 0. The first-order valence-corrected chi connectivity index (χ1v) is 3.52. The van der Waals surface area contributed by atoms with Gasteiger partial charge < -0.3 is 21.9 Å². The van der Waals surface area contributed by atoms with Gasteiger partial charge >= 0.3 is 0 Å². The van der Waals surface area contributed by atoms with Crippen molar-refractivity contribution in [2.75, 3.05) is 41.0 Å². The van der Waals surface area contributed by atoms with Crippen LogP contribution in [0.2, 0.25) is 0 Å². The minimum atomic E-state index is 0.750. The first-order chi connectivity index (χ1) is 5.50. The van der Waals surface area contributed by atoms with Crippen LogP contribution in [0.5, 0.6) is 0 Å². The predicted molar refractivity (Wildman–Crippen MR) is 49.2 cm³/mol. The molecule has 5 heteroatoms. The Kier molecular flexibility index (Phi) is 51.1. The molecule has 0 saturated carbocycles. The zero-order valence-electron chi connectivity index (χ0n) is 7.76. The lowest BCUT2D eigenvalue weighted by Crippen LogP contribution is -2.05. The van der Waals surface area contributed by atoms with Crippen molar-refractivity contribution in [3.63, 3.8) is 0 Å². The quantitative estimate of drug-likeness (QED) is 0.343. The van der Waals surface area contributed by atoms with Crippen molar-refractivity contribution >= 4 is 0 Å². The summed E-state index contributed by atoms with van der Waals surface area (Å²) in [6, 6.07) is 0. The molecule has 1 aliphatic rings. The fourth-order valence-corrected chi connectivity index (χ4v) is 0.361. The van der Waals surface area contributed by atoms with E-state index in [9.17, 15) is 0 Å². The van der Waals surface area contributed by atoms with E-state index in [-0.39, 0.29) is 0 Å². The molecule has 0 spiro atoms. The Morgan fingerprint density at radius 2 is 1.45 bits per heavy atom. The molecule has 1 heterocycles. The SMILES string of the molecule is C1COCN1.CN.CN.CN. The number of hydrogen-bond donors (Lipinski definition) is 4. The number of nitrogens with one attached hydrogen (secondary N) is 1. The van der Waals surface area contributed by atoms with Gasteiger partial charge in [0.25, 0.3) is 0 Å². The zero-order valence-corrected chi connectivity index (χ0v) is 7.76. The molecule has 0 atom stereocenters. The molecule has 0 aromatic rings. The third kappa shape index (κ3) is 25.9. The van der Waals surface area contributed by atoms with Crippen molar-refractivity contribution in [3.8, 4) is 0 Å². The maximum Gasteiger partial charge on any atom is 0.0966 e. The second-order valence-electron chi connectivity index (χ2n) is 1.05. The van der Waals surface area contributed by atoms with Gasteiger partial charge in [-0.3, -0.25) is 5.32 Å². The van der Waals surface area contributed by atoms with Crippen LogP contribution in [0.3, 0.4) is 0 Å². The van der Waals surface area contributed by atoms with Crippen LogP contribution < -0.4 is 22.5 Å². The third-order valence-electron chi connectivity index (χ3n) is 0.627. The lowest BCUT2D eigenvalue weighted by Gasteiger charge is -1.76. The fraction of sp³-hybridized carbons (Fsp3) is 1.00. The van der Waals surface area contributed by atoms with Gasteiger partial charge in [0, 0.05) is 6.54 Å². The Hall–Kier alpha value is -0.200. The molecule has 11 heavy (non-hydrogen) atoms. The lowest BCUT2D eigenvalue weighted by molar-refractivity contribution is 0.194. The highest BCUT2D eigenvalue weighted by Gasteiger charge is 1.92. The largest absolute Gasteiger partial charge is 0.365 e. The fourth-order valence-electron chi connectivity index (χ4n) is 0.361. The normalized spacial score (nSPS) is 12.5.